The van der Waals surface area contributed by atoms with E-state index in [1.54, 1.807) is 30.7 Å². The summed E-state index contributed by atoms with van der Waals surface area (Å²) in [6.07, 6.45) is 7.08. The molecule has 0 saturated heterocycles. The number of halogens is 1. The zero-order chi connectivity index (χ0) is 17.8. The molecule has 5 nitrogen and oxygen atoms in total. The van der Waals surface area contributed by atoms with Crippen LogP contribution in [0, 0.1) is 5.82 Å². The second-order valence-corrected chi connectivity index (χ2v) is 5.81. The largest absolute Gasteiger partial charge is 0.366 e. The molecule has 0 aliphatic carbocycles. The van der Waals surface area contributed by atoms with Gasteiger partial charge in [0.25, 0.3) is 0 Å². The number of aromatic amines is 1. The summed E-state index contributed by atoms with van der Waals surface area (Å²) in [4.78, 5) is 8.47. The maximum Gasteiger partial charge on any atom is 0.126 e. The lowest BCUT2D eigenvalue weighted by molar-refractivity contribution is 0.628. The van der Waals surface area contributed by atoms with Gasteiger partial charge in [-0.25, -0.2) is 9.37 Å². The predicted octanol–water partition coefficient (Wildman–Crippen LogP) is 4.28. The number of H-pyrrole nitrogens is 1. The SMILES string of the molecule is Fc1ccc(-c2[nH]ncc2-c2ccnc(NCc3cccnc3)c2)cc1. The Hall–Kier alpha value is -3.54. The standard InChI is InChI=1S/C20H16FN5/c21-17-5-3-15(4-6-17)20-18(13-25-26-20)16-7-9-23-19(10-16)24-12-14-2-1-8-22-11-14/h1-11,13H,12H2,(H,23,24)(H,25,26). The molecular weight excluding hydrogens is 329 g/mol. The minimum Gasteiger partial charge on any atom is -0.366 e. The molecule has 0 spiro atoms. The maximum atomic E-state index is 13.2. The van der Waals surface area contributed by atoms with E-state index in [-0.39, 0.29) is 5.82 Å². The first-order valence-corrected chi connectivity index (χ1v) is 8.18. The molecule has 3 heterocycles. The summed E-state index contributed by atoms with van der Waals surface area (Å²) in [5, 5.41) is 10.4. The molecular formula is C20H16FN5. The molecule has 4 rings (SSSR count). The van der Waals surface area contributed by atoms with Crippen LogP contribution in [-0.2, 0) is 6.54 Å². The van der Waals surface area contributed by atoms with Gasteiger partial charge in [-0.1, -0.05) is 6.07 Å². The fourth-order valence-corrected chi connectivity index (χ4v) is 2.73. The summed E-state index contributed by atoms with van der Waals surface area (Å²) < 4.78 is 13.2. The predicted molar refractivity (Wildman–Crippen MR) is 98.8 cm³/mol. The minimum absolute atomic E-state index is 0.263. The third-order valence-electron chi connectivity index (χ3n) is 4.04. The zero-order valence-corrected chi connectivity index (χ0v) is 13.9. The van der Waals surface area contributed by atoms with Gasteiger partial charge >= 0.3 is 0 Å². The number of aromatic nitrogens is 4. The van der Waals surface area contributed by atoms with Gasteiger partial charge in [-0.2, -0.15) is 5.10 Å². The smallest absolute Gasteiger partial charge is 0.126 e. The highest BCUT2D eigenvalue weighted by molar-refractivity contribution is 5.81. The number of hydrogen-bond donors (Lipinski definition) is 2. The lowest BCUT2D eigenvalue weighted by atomic mass is 10.0. The summed E-state index contributed by atoms with van der Waals surface area (Å²) in [7, 11) is 0. The third kappa shape index (κ3) is 3.44. The number of nitrogens with zero attached hydrogens (tertiary/aromatic N) is 3. The van der Waals surface area contributed by atoms with E-state index in [1.165, 1.54) is 12.1 Å². The van der Waals surface area contributed by atoms with Gasteiger partial charge in [0.05, 0.1) is 11.9 Å². The Kier molecular flexibility index (Phi) is 4.38. The molecule has 1 aromatic carbocycles. The first-order chi connectivity index (χ1) is 12.8. The third-order valence-corrected chi connectivity index (χ3v) is 4.04. The lowest BCUT2D eigenvalue weighted by Gasteiger charge is -2.08. The van der Waals surface area contributed by atoms with Crippen LogP contribution in [0.1, 0.15) is 5.56 Å². The van der Waals surface area contributed by atoms with Crippen LogP contribution in [0.2, 0.25) is 0 Å². The van der Waals surface area contributed by atoms with Crippen LogP contribution < -0.4 is 5.32 Å². The molecule has 4 aromatic rings. The summed E-state index contributed by atoms with van der Waals surface area (Å²) in [6, 6.07) is 14.1. The van der Waals surface area contributed by atoms with E-state index >= 15 is 0 Å². The van der Waals surface area contributed by atoms with Crippen molar-refractivity contribution in [2.45, 2.75) is 6.54 Å². The molecule has 2 N–H and O–H groups in total. The number of benzene rings is 1. The fraction of sp³-hybridized carbons (Fsp3) is 0.0500. The molecule has 0 saturated carbocycles. The van der Waals surface area contributed by atoms with Crippen LogP contribution in [0.15, 0.2) is 73.3 Å². The topological polar surface area (TPSA) is 66.5 Å². The number of pyridine rings is 2. The van der Waals surface area contributed by atoms with Crippen LogP contribution in [-0.4, -0.2) is 20.2 Å². The highest BCUT2D eigenvalue weighted by Gasteiger charge is 2.11. The average Bonchev–Trinajstić information content (AvgIpc) is 3.18. The Morgan fingerprint density at radius 1 is 0.962 bits per heavy atom. The van der Waals surface area contributed by atoms with Crippen LogP contribution in [0.25, 0.3) is 22.4 Å². The van der Waals surface area contributed by atoms with E-state index in [4.69, 9.17) is 0 Å². The fourth-order valence-electron chi connectivity index (χ4n) is 2.73. The number of hydrogen-bond acceptors (Lipinski definition) is 4. The Morgan fingerprint density at radius 2 is 1.85 bits per heavy atom. The van der Waals surface area contributed by atoms with E-state index < -0.39 is 0 Å². The molecule has 0 unspecified atom stereocenters. The van der Waals surface area contributed by atoms with Crippen molar-refractivity contribution >= 4 is 5.82 Å². The van der Waals surface area contributed by atoms with Crippen molar-refractivity contribution in [2.24, 2.45) is 0 Å². The average molecular weight is 345 g/mol. The summed E-state index contributed by atoms with van der Waals surface area (Å²) >= 11 is 0. The Bertz CT molecular complexity index is 996. The highest BCUT2D eigenvalue weighted by atomic mass is 19.1. The van der Waals surface area contributed by atoms with Crippen LogP contribution in [0.5, 0.6) is 0 Å². The molecule has 0 radical (unpaired) electrons. The number of anilines is 1. The van der Waals surface area contributed by atoms with Crippen molar-refractivity contribution < 1.29 is 4.39 Å². The Balaban J connectivity index is 1.59. The van der Waals surface area contributed by atoms with Gasteiger partial charge in [0.15, 0.2) is 0 Å². The molecule has 0 fully saturated rings. The van der Waals surface area contributed by atoms with E-state index in [2.05, 4.69) is 25.5 Å². The van der Waals surface area contributed by atoms with Crippen LogP contribution >= 0.6 is 0 Å². The second-order valence-electron chi connectivity index (χ2n) is 5.81. The van der Waals surface area contributed by atoms with Gasteiger partial charge in [0.1, 0.15) is 11.6 Å². The molecule has 6 heteroatoms. The Labute approximate surface area is 150 Å². The molecule has 26 heavy (non-hydrogen) atoms. The molecule has 128 valence electrons. The van der Waals surface area contributed by atoms with Gasteiger partial charge in [0, 0.05) is 36.3 Å². The summed E-state index contributed by atoms with van der Waals surface area (Å²) in [6.45, 7) is 0.639. The normalized spacial score (nSPS) is 10.7. The first-order valence-electron chi connectivity index (χ1n) is 8.18. The van der Waals surface area contributed by atoms with Crippen LogP contribution in [0.3, 0.4) is 0 Å². The van der Waals surface area contributed by atoms with E-state index in [1.807, 2.05) is 30.5 Å². The lowest BCUT2D eigenvalue weighted by Crippen LogP contribution is -2.01. The quantitative estimate of drug-likeness (QED) is 0.566. The van der Waals surface area contributed by atoms with Crippen LogP contribution in [0.4, 0.5) is 10.2 Å². The molecule has 0 aliphatic rings. The van der Waals surface area contributed by atoms with Gasteiger partial charge in [0.2, 0.25) is 0 Å². The monoisotopic (exact) mass is 345 g/mol. The van der Waals surface area contributed by atoms with Gasteiger partial charge in [-0.05, 0) is 53.6 Å². The van der Waals surface area contributed by atoms with Gasteiger partial charge in [-0.15, -0.1) is 0 Å². The molecule has 0 bridgehead atoms. The number of rotatable bonds is 5. The summed E-state index contributed by atoms with van der Waals surface area (Å²) in [5.41, 5.74) is 4.70. The molecule has 0 aliphatic heterocycles. The van der Waals surface area contributed by atoms with Crippen molar-refractivity contribution in [2.75, 3.05) is 5.32 Å². The van der Waals surface area contributed by atoms with Crippen molar-refractivity contribution in [1.29, 1.82) is 0 Å². The molecule has 3 aromatic heterocycles. The minimum atomic E-state index is -0.263. The number of nitrogens with one attached hydrogen (secondary N) is 2. The Morgan fingerprint density at radius 3 is 2.65 bits per heavy atom. The van der Waals surface area contributed by atoms with E-state index in [0.717, 1.165) is 33.8 Å². The summed E-state index contributed by atoms with van der Waals surface area (Å²) in [5.74, 6) is 0.498. The highest BCUT2D eigenvalue weighted by Crippen LogP contribution is 2.30. The molecule has 0 atom stereocenters. The van der Waals surface area contributed by atoms with Crippen molar-refractivity contribution in [1.82, 2.24) is 20.2 Å². The van der Waals surface area contributed by atoms with E-state index in [0.29, 0.717) is 6.54 Å². The van der Waals surface area contributed by atoms with Crippen molar-refractivity contribution in [3.05, 3.63) is 84.7 Å². The van der Waals surface area contributed by atoms with Gasteiger partial charge < -0.3 is 5.32 Å². The van der Waals surface area contributed by atoms with E-state index in [9.17, 15) is 4.39 Å². The first kappa shape index (κ1) is 16.0. The second kappa shape index (κ2) is 7.14. The molecule has 0 amide bonds. The maximum absolute atomic E-state index is 13.2. The van der Waals surface area contributed by atoms with Crippen molar-refractivity contribution in [3.63, 3.8) is 0 Å². The van der Waals surface area contributed by atoms with Crippen molar-refractivity contribution in [3.8, 4) is 22.4 Å². The zero-order valence-electron chi connectivity index (χ0n) is 13.9. The van der Waals surface area contributed by atoms with Gasteiger partial charge in [-0.3, -0.25) is 10.1 Å².